The Hall–Kier alpha value is -4.89. The Labute approximate surface area is 274 Å². The van der Waals surface area contributed by atoms with Crippen molar-refractivity contribution in [1.82, 2.24) is 24.9 Å². The Morgan fingerprint density at radius 1 is 0.625 bits per heavy atom. The van der Waals surface area contributed by atoms with Gasteiger partial charge in [-0.3, -0.25) is 44.1 Å². The molecule has 266 valence electrons. The van der Waals surface area contributed by atoms with Crippen molar-refractivity contribution in [2.45, 2.75) is 12.6 Å². The van der Waals surface area contributed by atoms with Crippen LogP contribution in [-0.4, -0.2) is 183 Å². The summed E-state index contributed by atoms with van der Waals surface area (Å²) >= 11 is 0. The second kappa shape index (κ2) is 19.7. The lowest BCUT2D eigenvalue weighted by atomic mass is 10.1. The summed E-state index contributed by atoms with van der Waals surface area (Å²) in [5.74, 6) is -8.42. The molecule has 20 heteroatoms. The number of rotatable bonds is 17. The number of hydrogen-bond donors (Lipinski definition) is 8. The molecule has 0 bridgehead atoms. The predicted molar refractivity (Wildman–Crippen MR) is 163 cm³/mol. The lowest BCUT2D eigenvalue weighted by molar-refractivity contribution is -0.151. The van der Waals surface area contributed by atoms with E-state index in [0.717, 1.165) is 0 Å². The van der Waals surface area contributed by atoms with Gasteiger partial charge in [-0.25, -0.2) is 14.4 Å². The Morgan fingerprint density at radius 3 is 1.42 bits per heavy atom. The molecule has 0 atom stereocenters. The minimum absolute atomic E-state index is 0.000503. The standard InChI is InChI=1S/C28H40N6O14/c35-21(30-19-1-2-20(48-17-25(42)43)18(11-19)12-29-26(27(44)45)28(46)47)13-31-3-5-32(14-22(36)37)7-9-34(16-24(40)41)10-8-33(6-4-31)15-23(38)39/h1-2,11,26,29H,3-10,12-17H2,(H,30,35)(H,36,37)(H,38,39)(H,40,41)(H,42,43)(H,44,45)(H,46,47). The molecule has 0 aliphatic carbocycles. The van der Waals surface area contributed by atoms with Crippen LogP contribution in [-0.2, 0) is 40.1 Å². The second-order valence-electron chi connectivity index (χ2n) is 10.8. The van der Waals surface area contributed by atoms with Gasteiger partial charge in [0.15, 0.2) is 6.61 Å². The third-order valence-electron chi connectivity index (χ3n) is 7.06. The first-order chi connectivity index (χ1) is 22.6. The maximum atomic E-state index is 13.2. The lowest BCUT2D eigenvalue weighted by Crippen LogP contribution is -2.49. The van der Waals surface area contributed by atoms with Crippen molar-refractivity contribution >= 4 is 47.4 Å². The molecule has 2 rings (SSSR count). The Balaban J connectivity index is 2.23. The number of carboxylic acids is 6. The van der Waals surface area contributed by atoms with Crippen LogP contribution in [0, 0.1) is 0 Å². The number of nitrogens with zero attached hydrogens (tertiary/aromatic N) is 4. The average molecular weight is 685 g/mol. The number of carboxylic acid groups (broad SMARTS) is 6. The molecule has 0 spiro atoms. The Kier molecular flexibility index (Phi) is 16.1. The first-order valence-electron chi connectivity index (χ1n) is 14.6. The quantitative estimate of drug-likeness (QED) is 0.0768. The highest BCUT2D eigenvalue weighted by molar-refractivity contribution is 5.97. The zero-order chi connectivity index (χ0) is 35.8. The van der Waals surface area contributed by atoms with Crippen molar-refractivity contribution in [3.8, 4) is 5.75 Å². The van der Waals surface area contributed by atoms with E-state index in [2.05, 4.69) is 10.6 Å². The summed E-state index contributed by atoms with van der Waals surface area (Å²) in [5.41, 5.74) is 0.341. The Bertz CT molecular complexity index is 1280. The molecule has 8 N–H and O–H groups in total. The van der Waals surface area contributed by atoms with Crippen LogP contribution in [0.3, 0.4) is 0 Å². The Morgan fingerprint density at radius 2 is 1.04 bits per heavy atom. The molecular weight excluding hydrogens is 644 g/mol. The molecule has 0 unspecified atom stereocenters. The van der Waals surface area contributed by atoms with Gasteiger partial charge in [0.1, 0.15) is 5.75 Å². The van der Waals surface area contributed by atoms with Gasteiger partial charge in [0, 0.05) is 70.2 Å². The number of anilines is 1. The van der Waals surface area contributed by atoms with E-state index in [-0.39, 0.29) is 102 Å². The number of carbonyl (C=O) groups excluding carboxylic acids is 1. The van der Waals surface area contributed by atoms with Gasteiger partial charge in [-0.2, -0.15) is 0 Å². The summed E-state index contributed by atoms with van der Waals surface area (Å²) in [5, 5.41) is 60.3. The van der Waals surface area contributed by atoms with E-state index in [9.17, 15) is 48.9 Å². The summed E-state index contributed by atoms with van der Waals surface area (Å²) in [6.45, 7) is -0.684. The van der Waals surface area contributed by atoms with Crippen molar-refractivity contribution in [2.24, 2.45) is 0 Å². The molecule has 1 aromatic rings. The normalized spacial score (nSPS) is 15.9. The average Bonchev–Trinajstić information content (AvgIpc) is 2.96. The van der Waals surface area contributed by atoms with Gasteiger partial charge in [-0.1, -0.05) is 0 Å². The van der Waals surface area contributed by atoms with E-state index in [1.165, 1.54) is 18.2 Å². The van der Waals surface area contributed by atoms with Gasteiger partial charge in [0.05, 0.1) is 26.2 Å². The molecular formula is C28H40N6O14. The summed E-state index contributed by atoms with van der Waals surface area (Å²) < 4.78 is 5.22. The minimum Gasteiger partial charge on any atom is -0.482 e. The molecule has 1 amide bonds. The van der Waals surface area contributed by atoms with Gasteiger partial charge >= 0.3 is 35.8 Å². The van der Waals surface area contributed by atoms with E-state index in [0.29, 0.717) is 0 Å². The highest BCUT2D eigenvalue weighted by atomic mass is 16.5. The van der Waals surface area contributed by atoms with Gasteiger partial charge in [0.2, 0.25) is 11.9 Å². The van der Waals surface area contributed by atoms with E-state index in [1.54, 1.807) is 19.6 Å². The SMILES string of the molecule is O=C(O)COc1ccc(NC(=O)CN2CCN(CC(=O)O)CCN(CC(=O)O)CCN(CC(=O)O)CC2)cc1CNC(C(=O)O)C(=O)O. The van der Waals surface area contributed by atoms with E-state index in [4.69, 9.17) is 20.1 Å². The minimum atomic E-state index is -1.98. The molecule has 1 heterocycles. The fourth-order valence-electron chi connectivity index (χ4n) is 4.76. The van der Waals surface area contributed by atoms with Gasteiger partial charge < -0.3 is 40.7 Å². The first-order valence-corrected chi connectivity index (χ1v) is 14.6. The van der Waals surface area contributed by atoms with E-state index < -0.39 is 54.4 Å². The van der Waals surface area contributed by atoms with Crippen LogP contribution >= 0.6 is 0 Å². The van der Waals surface area contributed by atoms with Gasteiger partial charge in [-0.15, -0.1) is 0 Å². The number of ether oxygens (including phenoxy) is 1. The van der Waals surface area contributed by atoms with E-state index >= 15 is 0 Å². The molecule has 0 aromatic heterocycles. The summed E-state index contributed by atoms with van der Waals surface area (Å²) in [6.07, 6.45) is 0. The third kappa shape index (κ3) is 15.1. The maximum Gasteiger partial charge on any atom is 0.341 e. The number of benzene rings is 1. The van der Waals surface area contributed by atoms with E-state index in [1.807, 2.05) is 0 Å². The van der Waals surface area contributed by atoms with Crippen molar-refractivity contribution < 1.29 is 68.9 Å². The van der Waals surface area contributed by atoms with Crippen LogP contribution in [0.25, 0.3) is 0 Å². The first kappa shape index (κ1) is 39.3. The van der Waals surface area contributed by atoms with Gasteiger partial charge in [-0.05, 0) is 18.2 Å². The zero-order valence-electron chi connectivity index (χ0n) is 25.9. The molecule has 1 aromatic carbocycles. The molecule has 0 radical (unpaired) electrons. The van der Waals surface area contributed by atoms with Crippen molar-refractivity contribution in [3.63, 3.8) is 0 Å². The van der Waals surface area contributed by atoms with Crippen LogP contribution in [0.15, 0.2) is 18.2 Å². The number of carbonyl (C=O) groups is 7. The maximum absolute atomic E-state index is 13.2. The number of amides is 1. The molecule has 1 fully saturated rings. The molecule has 48 heavy (non-hydrogen) atoms. The number of hydrogen-bond acceptors (Lipinski definition) is 13. The highest BCUT2D eigenvalue weighted by Gasteiger charge is 2.26. The number of aliphatic carboxylic acids is 6. The monoisotopic (exact) mass is 684 g/mol. The molecule has 20 nitrogen and oxygen atoms in total. The lowest BCUT2D eigenvalue weighted by Gasteiger charge is -2.32. The van der Waals surface area contributed by atoms with Crippen LogP contribution in [0.2, 0.25) is 0 Å². The van der Waals surface area contributed by atoms with Gasteiger partial charge in [0.25, 0.3) is 0 Å². The van der Waals surface area contributed by atoms with Crippen molar-refractivity contribution in [1.29, 1.82) is 0 Å². The molecule has 1 aliphatic heterocycles. The fraction of sp³-hybridized carbons (Fsp3) is 0.536. The fourth-order valence-corrected chi connectivity index (χ4v) is 4.76. The van der Waals surface area contributed by atoms with Crippen LogP contribution < -0.4 is 15.4 Å². The molecule has 1 saturated heterocycles. The largest absolute Gasteiger partial charge is 0.482 e. The molecule has 0 saturated carbocycles. The van der Waals surface area contributed by atoms with Crippen molar-refractivity contribution in [3.05, 3.63) is 23.8 Å². The number of nitrogens with one attached hydrogen (secondary N) is 2. The summed E-state index contributed by atoms with van der Waals surface area (Å²) in [4.78, 5) is 87.6. The zero-order valence-corrected chi connectivity index (χ0v) is 25.9. The predicted octanol–water partition coefficient (Wildman–Crippen LogP) is -2.81. The smallest absolute Gasteiger partial charge is 0.341 e. The van der Waals surface area contributed by atoms with Crippen LogP contribution in [0.4, 0.5) is 5.69 Å². The third-order valence-corrected chi connectivity index (χ3v) is 7.06. The summed E-state index contributed by atoms with van der Waals surface area (Å²) in [7, 11) is 0. The van der Waals surface area contributed by atoms with Crippen molar-refractivity contribution in [2.75, 3.05) is 90.5 Å². The molecule has 1 aliphatic rings. The topological polar surface area (TPSA) is 287 Å². The summed E-state index contributed by atoms with van der Waals surface area (Å²) in [6, 6.07) is 2.09. The highest BCUT2D eigenvalue weighted by Crippen LogP contribution is 2.23. The van der Waals surface area contributed by atoms with Crippen LogP contribution in [0.5, 0.6) is 5.75 Å². The van der Waals surface area contributed by atoms with Crippen LogP contribution in [0.1, 0.15) is 5.56 Å². The second-order valence-corrected chi connectivity index (χ2v) is 10.8.